The van der Waals surface area contributed by atoms with Crippen molar-refractivity contribution in [3.05, 3.63) is 63.1 Å². The number of benzene rings is 1. The molecule has 1 amide bonds. The lowest BCUT2D eigenvalue weighted by Gasteiger charge is -2.30. The van der Waals surface area contributed by atoms with Gasteiger partial charge in [-0.25, -0.2) is 4.68 Å². The lowest BCUT2D eigenvalue weighted by atomic mass is 9.76. The number of hydrogen-bond acceptors (Lipinski definition) is 5. The van der Waals surface area contributed by atoms with Gasteiger partial charge >= 0.3 is 0 Å². The van der Waals surface area contributed by atoms with Crippen LogP contribution in [-0.4, -0.2) is 33.9 Å². The molecular formula is C23H28N4O2S. The van der Waals surface area contributed by atoms with E-state index in [0.717, 1.165) is 37.1 Å². The van der Waals surface area contributed by atoms with Gasteiger partial charge in [0.1, 0.15) is 0 Å². The normalized spacial score (nSPS) is 15.0. The number of nitrogens with one attached hydrogen (secondary N) is 1. The van der Waals surface area contributed by atoms with Crippen molar-refractivity contribution in [3.8, 4) is 5.69 Å². The first-order chi connectivity index (χ1) is 14.4. The minimum absolute atomic E-state index is 0.0292. The van der Waals surface area contributed by atoms with E-state index in [0.29, 0.717) is 17.8 Å². The van der Waals surface area contributed by atoms with Gasteiger partial charge in [-0.05, 0) is 70.8 Å². The number of nitrogens with zero attached hydrogens (tertiary/aromatic N) is 2. The van der Waals surface area contributed by atoms with Gasteiger partial charge in [0.05, 0.1) is 23.6 Å². The van der Waals surface area contributed by atoms with E-state index >= 15 is 0 Å². The molecule has 0 fully saturated rings. The number of carbonyl (C=O) groups excluding carboxylic acids is 1. The molecule has 0 radical (unpaired) electrons. The van der Waals surface area contributed by atoms with E-state index in [4.69, 9.17) is 10.8 Å². The molecule has 4 N–H and O–H groups in total. The molecule has 0 saturated carbocycles. The Morgan fingerprint density at radius 1 is 1.37 bits per heavy atom. The van der Waals surface area contributed by atoms with Gasteiger partial charge in [0, 0.05) is 24.3 Å². The van der Waals surface area contributed by atoms with Crippen molar-refractivity contribution in [2.45, 2.75) is 39.5 Å². The van der Waals surface area contributed by atoms with Gasteiger partial charge in [-0.2, -0.15) is 16.4 Å². The van der Waals surface area contributed by atoms with Crippen molar-refractivity contribution in [3.63, 3.8) is 0 Å². The van der Waals surface area contributed by atoms with Gasteiger partial charge in [0.25, 0.3) is 5.91 Å². The van der Waals surface area contributed by atoms with Crippen LogP contribution >= 0.6 is 11.3 Å². The molecule has 1 aliphatic rings. The molecule has 0 bridgehead atoms. The van der Waals surface area contributed by atoms with E-state index in [2.05, 4.69) is 36.0 Å². The van der Waals surface area contributed by atoms with Crippen LogP contribution in [0.2, 0.25) is 0 Å². The smallest absolute Gasteiger partial charge is 0.250 e. The third-order valence-electron chi connectivity index (χ3n) is 5.76. The number of nitrogens with two attached hydrogens (primary N) is 1. The predicted molar refractivity (Wildman–Crippen MR) is 121 cm³/mol. The number of aromatic nitrogens is 2. The number of primary amides is 1. The topological polar surface area (TPSA) is 93.2 Å². The molecule has 0 atom stereocenters. The summed E-state index contributed by atoms with van der Waals surface area (Å²) in [6, 6.07) is 7.69. The summed E-state index contributed by atoms with van der Waals surface area (Å²) >= 11 is 1.71. The third kappa shape index (κ3) is 4.13. The number of fused-ring (bicyclic) bond motifs is 1. The van der Waals surface area contributed by atoms with Crippen LogP contribution in [0.5, 0.6) is 0 Å². The first-order valence-electron chi connectivity index (χ1n) is 10.3. The van der Waals surface area contributed by atoms with Gasteiger partial charge in [0.2, 0.25) is 0 Å². The van der Waals surface area contributed by atoms with Crippen LogP contribution in [0.1, 0.15) is 53.1 Å². The highest BCUT2D eigenvalue weighted by atomic mass is 32.1. The maximum Gasteiger partial charge on any atom is 0.250 e. The Kier molecular flexibility index (Phi) is 5.66. The molecule has 0 unspecified atom stereocenters. The summed E-state index contributed by atoms with van der Waals surface area (Å²) in [5.74, 6) is -0.497. The number of aliphatic hydroxyl groups is 1. The van der Waals surface area contributed by atoms with Crippen molar-refractivity contribution >= 4 is 22.9 Å². The van der Waals surface area contributed by atoms with E-state index in [9.17, 15) is 9.90 Å². The summed E-state index contributed by atoms with van der Waals surface area (Å²) in [6.07, 6.45) is 3.95. The summed E-state index contributed by atoms with van der Waals surface area (Å²) in [7, 11) is 0. The van der Waals surface area contributed by atoms with Crippen LogP contribution in [-0.2, 0) is 19.3 Å². The van der Waals surface area contributed by atoms with Crippen molar-refractivity contribution in [1.82, 2.24) is 9.78 Å². The second-order valence-corrected chi connectivity index (χ2v) is 9.46. The Morgan fingerprint density at radius 2 is 2.20 bits per heavy atom. The highest BCUT2D eigenvalue weighted by Crippen LogP contribution is 2.38. The van der Waals surface area contributed by atoms with Gasteiger partial charge in [-0.1, -0.05) is 13.8 Å². The summed E-state index contributed by atoms with van der Waals surface area (Å²) in [4.78, 5) is 11.8. The molecule has 0 spiro atoms. The van der Waals surface area contributed by atoms with Crippen molar-refractivity contribution in [1.29, 1.82) is 0 Å². The predicted octanol–water partition coefficient (Wildman–Crippen LogP) is 3.54. The standard InChI is InChI=1S/C23H28N4O2S/c1-23(2)7-5-17-20(11-15-6-10-30-14-15)26-27(21(17)13-23)16-3-4-18(22(24)29)19(12-16)25-8-9-28/h3-4,6,10,12,14,25,28H,5,7-9,11,13H2,1-2H3,(H2,24,29). The number of aliphatic hydroxyl groups excluding tert-OH is 1. The van der Waals surface area contributed by atoms with Crippen LogP contribution in [0.3, 0.4) is 0 Å². The van der Waals surface area contributed by atoms with Gasteiger partial charge in [-0.3, -0.25) is 4.79 Å². The molecule has 158 valence electrons. The van der Waals surface area contributed by atoms with Gasteiger partial charge in [0.15, 0.2) is 0 Å². The number of rotatable bonds is 7. The molecule has 1 aromatic carbocycles. The Morgan fingerprint density at radius 3 is 2.90 bits per heavy atom. The van der Waals surface area contributed by atoms with Crippen LogP contribution in [0.15, 0.2) is 35.0 Å². The first kappa shape index (κ1) is 20.6. The molecule has 0 saturated heterocycles. The van der Waals surface area contributed by atoms with Crippen LogP contribution in [0.4, 0.5) is 5.69 Å². The Bertz CT molecular complexity index is 1050. The molecule has 4 rings (SSSR count). The van der Waals surface area contributed by atoms with Crippen LogP contribution < -0.4 is 11.1 Å². The van der Waals surface area contributed by atoms with E-state index in [-0.39, 0.29) is 12.0 Å². The van der Waals surface area contributed by atoms with Crippen molar-refractivity contribution in [2.24, 2.45) is 11.1 Å². The zero-order valence-corrected chi connectivity index (χ0v) is 18.3. The lowest BCUT2D eigenvalue weighted by molar-refractivity contribution is 0.100. The Balaban J connectivity index is 1.80. The molecular weight excluding hydrogens is 396 g/mol. The van der Waals surface area contributed by atoms with Gasteiger partial charge < -0.3 is 16.2 Å². The highest BCUT2D eigenvalue weighted by molar-refractivity contribution is 7.07. The van der Waals surface area contributed by atoms with Crippen LogP contribution in [0, 0.1) is 5.41 Å². The fraction of sp³-hybridized carbons (Fsp3) is 0.391. The zero-order chi connectivity index (χ0) is 21.3. The van der Waals surface area contributed by atoms with Gasteiger partial charge in [-0.15, -0.1) is 0 Å². The quantitative estimate of drug-likeness (QED) is 0.541. The fourth-order valence-corrected chi connectivity index (χ4v) is 4.84. The fourth-order valence-electron chi connectivity index (χ4n) is 4.17. The largest absolute Gasteiger partial charge is 0.395 e. The SMILES string of the molecule is CC1(C)CCc2c(Cc3ccsc3)nn(-c3ccc(C(N)=O)c(NCCO)c3)c2C1. The van der Waals surface area contributed by atoms with Crippen molar-refractivity contribution < 1.29 is 9.90 Å². The Labute approximate surface area is 180 Å². The highest BCUT2D eigenvalue weighted by Gasteiger charge is 2.31. The third-order valence-corrected chi connectivity index (χ3v) is 6.50. The minimum atomic E-state index is -0.497. The second kappa shape index (κ2) is 8.24. The van der Waals surface area contributed by atoms with Crippen molar-refractivity contribution in [2.75, 3.05) is 18.5 Å². The zero-order valence-electron chi connectivity index (χ0n) is 17.4. The summed E-state index contributed by atoms with van der Waals surface area (Å²) < 4.78 is 2.03. The van der Waals surface area contributed by atoms with E-state index in [1.54, 1.807) is 17.4 Å². The summed E-state index contributed by atoms with van der Waals surface area (Å²) in [6.45, 7) is 4.92. The lowest BCUT2D eigenvalue weighted by Crippen LogP contribution is -2.24. The minimum Gasteiger partial charge on any atom is -0.395 e. The number of anilines is 1. The molecule has 30 heavy (non-hydrogen) atoms. The number of amides is 1. The maximum atomic E-state index is 11.8. The molecule has 2 heterocycles. The molecule has 0 aliphatic heterocycles. The monoisotopic (exact) mass is 424 g/mol. The molecule has 3 aromatic rings. The average molecular weight is 425 g/mol. The van der Waals surface area contributed by atoms with E-state index < -0.39 is 5.91 Å². The van der Waals surface area contributed by atoms with Crippen LogP contribution in [0.25, 0.3) is 5.69 Å². The first-order valence-corrected chi connectivity index (χ1v) is 11.2. The summed E-state index contributed by atoms with van der Waals surface area (Å²) in [5, 5.41) is 21.6. The summed E-state index contributed by atoms with van der Waals surface area (Å²) in [5.41, 5.74) is 12.7. The second-order valence-electron chi connectivity index (χ2n) is 8.68. The maximum absolute atomic E-state index is 11.8. The van der Waals surface area contributed by atoms with E-state index in [1.807, 2.05) is 16.8 Å². The molecule has 6 nitrogen and oxygen atoms in total. The molecule has 2 aromatic heterocycles. The van der Waals surface area contributed by atoms with E-state index in [1.165, 1.54) is 16.8 Å². The molecule has 1 aliphatic carbocycles. The number of hydrogen-bond donors (Lipinski definition) is 3. The average Bonchev–Trinajstić information content (AvgIpc) is 3.33. The molecule has 7 heteroatoms. The number of thiophene rings is 1. The number of carbonyl (C=O) groups is 1. The Hall–Kier alpha value is -2.64.